The maximum atomic E-state index is 10.1. The fraction of sp³-hybridized carbons (Fsp3) is 0.667. The molecule has 0 aliphatic rings. The number of carbonyl (C=O) groups is 1. The van der Waals surface area contributed by atoms with Crippen LogP contribution in [0.2, 0.25) is 0 Å². The van der Waals surface area contributed by atoms with E-state index in [-0.39, 0.29) is 5.71 Å². The summed E-state index contributed by atoms with van der Waals surface area (Å²) in [6.45, 7) is 3.77. The standard InChI is InChI=1S/C6H11NO3/c1-3-4-10-7-5(2)6(8)9/h3-4H2,1-2H3,(H,8,9)/b7-5+. The first-order valence-corrected chi connectivity index (χ1v) is 3.08. The zero-order chi connectivity index (χ0) is 7.98. The molecule has 4 heteroatoms. The second kappa shape index (κ2) is 4.78. The van der Waals surface area contributed by atoms with Gasteiger partial charge in [0.15, 0.2) is 5.71 Å². The van der Waals surface area contributed by atoms with Crippen LogP contribution in [0.25, 0.3) is 0 Å². The van der Waals surface area contributed by atoms with E-state index in [0.29, 0.717) is 6.61 Å². The summed E-state index contributed by atoms with van der Waals surface area (Å²) in [7, 11) is 0. The molecule has 10 heavy (non-hydrogen) atoms. The third kappa shape index (κ3) is 3.88. The van der Waals surface area contributed by atoms with Gasteiger partial charge in [-0.2, -0.15) is 0 Å². The number of hydrogen-bond donors (Lipinski definition) is 1. The lowest BCUT2D eigenvalue weighted by molar-refractivity contribution is -0.129. The molecule has 0 aliphatic carbocycles. The van der Waals surface area contributed by atoms with Crippen LogP contribution in [0.4, 0.5) is 0 Å². The van der Waals surface area contributed by atoms with Crippen LogP contribution in [0.3, 0.4) is 0 Å². The molecule has 0 saturated carbocycles. The lowest BCUT2D eigenvalue weighted by Gasteiger charge is -1.94. The zero-order valence-electron chi connectivity index (χ0n) is 6.13. The Morgan fingerprint density at radius 1 is 1.70 bits per heavy atom. The summed E-state index contributed by atoms with van der Waals surface area (Å²) in [5.41, 5.74) is -0.0200. The van der Waals surface area contributed by atoms with Crippen molar-refractivity contribution in [2.75, 3.05) is 6.61 Å². The highest BCUT2D eigenvalue weighted by Gasteiger charge is 2.00. The number of carboxylic acid groups (broad SMARTS) is 1. The van der Waals surface area contributed by atoms with Crippen LogP contribution < -0.4 is 0 Å². The molecule has 0 fully saturated rings. The van der Waals surface area contributed by atoms with Crippen LogP contribution in [-0.4, -0.2) is 23.4 Å². The Balaban J connectivity index is 3.58. The van der Waals surface area contributed by atoms with Crippen LogP contribution in [0.1, 0.15) is 20.3 Å². The highest BCUT2D eigenvalue weighted by molar-refractivity contribution is 6.34. The van der Waals surface area contributed by atoms with Gasteiger partial charge >= 0.3 is 5.97 Å². The minimum Gasteiger partial charge on any atom is -0.477 e. The van der Waals surface area contributed by atoms with E-state index in [1.165, 1.54) is 6.92 Å². The van der Waals surface area contributed by atoms with Crippen LogP contribution >= 0.6 is 0 Å². The average molecular weight is 145 g/mol. The summed E-state index contributed by atoms with van der Waals surface area (Å²) in [4.78, 5) is 14.7. The van der Waals surface area contributed by atoms with Gasteiger partial charge in [-0.25, -0.2) is 4.79 Å². The predicted molar refractivity (Wildman–Crippen MR) is 37.0 cm³/mol. The Kier molecular flexibility index (Phi) is 4.28. The molecule has 0 rings (SSSR count). The molecule has 58 valence electrons. The molecule has 4 nitrogen and oxygen atoms in total. The molecule has 0 aromatic rings. The molecule has 0 atom stereocenters. The summed E-state index contributed by atoms with van der Waals surface area (Å²) in [5.74, 6) is -1.05. The lowest BCUT2D eigenvalue weighted by Crippen LogP contribution is -2.08. The highest BCUT2D eigenvalue weighted by Crippen LogP contribution is 1.83. The smallest absolute Gasteiger partial charge is 0.353 e. The van der Waals surface area contributed by atoms with E-state index >= 15 is 0 Å². The topological polar surface area (TPSA) is 58.9 Å². The van der Waals surface area contributed by atoms with Gasteiger partial charge in [0.1, 0.15) is 6.61 Å². The van der Waals surface area contributed by atoms with Crippen molar-refractivity contribution in [2.24, 2.45) is 5.16 Å². The normalized spacial score (nSPS) is 11.2. The molecule has 0 saturated heterocycles. The Bertz CT molecular complexity index is 142. The average Bonchev–Trinajstić information content (AvgIpc) is 1.88. The Morgan fingerprint density at radius 2 is 2.30 bits per heavy atom. The van der Waals surface area contributed by atoms with Crippen molar-refractivity contribution < 1.29 is 14.7 Å². The number of hydrogen-bond acceptors (Lipinski definition) is 3. The van der Waals surface area contributed by atoms with Crippen molar-refractivity contribution in [2.45, 2.75) is 20.3 Å². The van der Waals surface area contributed by atoms with E-state index in [2.05, 4.69) is 9.99 Å². The van der Waals surface area contributed by atoms with Crippen molar-refractivity contribution >= 4 is 11.7 Å². The molecule has 0 heterocycles. The van der Waals surface area contributed by atoms with Gasteiger partial charge in [-0.1, -0.05) is 12.1 Å². The van der Waals surface area contributed by atoms with Gasteiger partial charge < -0.3 is 9.94 Å². The highest BCUT2D eigenvalue weighted by atomic mass is 16.6. The summed E-state index contributed by atoms with van der Waals surface area (Å²) in [6, 6.07) is 0. The molecule has 0 bridgehead atoms. The monoisotopic (exact) mass is 145 g/mol. The fourth-order valence-electron chi connectivity index (χ4n) is 0.273. The van der Waals surface area contributed by atoms with Crippen molar-refractivity contribution in [3.05, 3.63) is 0 Å². The largest absolute Gasteiger partial charge is 0.477 e. The first-order chi connectivity index (χ1) is 4.68. The van der Waals surface area contributed by atoms with E-state index in [9.17, 15) is 4.79 Å². The summed E-state index contributed by atoms with van der Waals surface area (Å²) >= 11 is 0. The zero-order valence-corrected chi connectivity index (χ0v) is 6.13. The molecule has 1 N–H and O–H groups in total. The third-order valence-corrected chi connectivity index (χ3v) is 0.806. The molecule has 0 radical (unpaired) electrons. The number of carboxylic acids is 1. The molecule has 0 aliphatic heterocycles. The van der Waals surface area contributed by atoms with Gasteiger partial charge in [0.05, 0.1) is 0 Å². The van der Waals surface area contributed by atoms with Crippen LogP contribution in [-0.2, 0) is 9.63 Å². The van der Waals surface area contributed by atoms with Gasteiger partial charge in [-0.05, 0) is 13.3 Å². The van der Waals surface area contributed by atoms with E-state index < -0.39 is 5.97 Å². The first-order valence-electron chi connectivity index (χ1n) is 3.08. The first kappa shape index (κ1) is 8.94. The Labute approximate surface area is 59.5 Å². The van der Waals surface area contributed by atoms with E-state index in [1.807, 2.05) is 6.92 Å². The number of nitrogens with zero attached hydrogens (tertiary/aromatic N) is 1. The number of aliphatic carboxylic acids is 1. The van der Waals surface area contributed by atoms with Crippen molar-refractivity contribution in [1.82, 2.24) is 0 Å². The molecule has 0 amide bonds. The van der Waals surface area contributed by atoms with Gasteiger partial charge in [0, 0.05) is 0 Å². The fourth-order valence-corrected chi connectivity index (χ4v) is 0.273. The van der Waals surface area contributed by atoms with E-state index in [0.717, 1.165) is 6.42 Å². The van der Waals surface area contributed by atoms with Gasteiger partial charge in [-0.15, -0.1) is 0 Å². The number of rotatable bonds is 4. The summed E-state index contributed by atoms with van der Waals surface area (Å²) in [5, 5.41) is 11.6. The molecular weight excluding hydrogens is 134 g/mol. The summed E-state index contributed by atoms with van der Waals surface area (Å²) < 4.78 is 0. The third-order valence-electron chi connectivity index (χ3n) is 0.806. The van der Waals surface area contributed by atoms with Crippen LogP contribution in [0.5, 0.6) is 0 Å². The molecule has 0 unspecified atom stereocenters. The van der Waals surface area contributed by atoms with Crippen molar-refractivity contribution in [3.63, 3.8) is 0 Å². The van der Waals surface area contributed by atoms with Gasteiger partial charge in [0.2, 0.25) is 0 Å². The maximum Gasteiger partial charge on any atom is 0.353 e. The quantitative estimate of drug-likeness (QED) is 0.363. The maximum absolute atomic E-state index is 10.1. The van der Waals surface area contributed by atoms with Crippen molar-refractivity contribution in [3.8, 4) is 0 Å². The Morgan fingerprint density at radius 3 is 2.70 bits per heavy atom. The second-order valence-electron chi connectivity index (χ2n) is 1.82. The summed E-state index contributed by atoms with van der Waals surface area (Å²) in [6.07, 6.45) is 0.830. The van der Waals surface area contributed by atoms with Crippen LogP contribution in [0.15, 0.2) is 5.16 Å². The van der Waals surface area contributed by atoms with Gasteiger partial charge in [0.25, 0.3) is 0 Å². The number of oxime groups is 1. The molecule has 0 spiro atoms. The van der Waals surface area contributed by atoms with Crippen LogP contribution in [0, 0.1) is 0 Å². The Hall–Kier alpha value is -1.06. The molecular formula is C6H11NO3. The van der Waals surface area contributed by atoms with Gasteiger partial charge in [-0.3, -0.25) is 0 Å². The van der Waals surface area contributed by atoms with Crippen molar-refractivity contribution in [1.29, 1.82) is 0 Å². The SMILES string of the molecule is CCCO/N=C(\C)C(=O)O. The van der Waals surface area contributed by atoms with E-state index in [1.54, 1.807) is 0 Å². The minimum absolute atomic E-state index is 0.0200. The molecule has 0 aromatic carbocycles. The predicted octanol–water partition coefficient (Wildman–Crippen LogP) is 0.873. The van der Waals surface area contributed by atoms with E-state index in [4.69, 9.17) is 5.11 Å². The molecule has 0 aromatic heterocycles. The minimum atomic E-state index is -1.05. The lowest BCUT2D eigenvalue weighted by atomic mass is 10.4. The second-order valence-corrected chi connectivity index (χ2v) is 1.82.